The molecule has 0 fully saturated rings. The van der Waals surface area contributed by atoms with Gasteiger partial charge < -0.3 is 14.9 Å². The Labute approximate surface area is 90.3 Å². The topological polar surface area (TPSA) is 49.7 Å². The van der Waals surface area contributed by atoms with E-state index >= 15 is 0 Å². The van der Waals surface area contributed by atoms with Gasteiger partial charge in [0.15, 0.2) is 11.5 Å². The third-order valence-corrected chi connectivity index (χ3v) is 2.41. The number of hydrogen-bond donors (Lipinski definition) is 2. The number of benzene rings is 1. The van der Waals surface area contributed by atoms with E-state index in [-0.39, 0.29) is 11.5 Å². The highest BCUT2D eigenvalue weighted by Crippen LogP contribution is 2.36. The third kappa shape index (κ3) is 2.78. The van der Waals surface area contributed by atoms with Gasteiger partial charge in [-0.3, -0.25) is 0 Å². The summed E-state index contributed by atoms with van der Waals surface area (Å²) < 4.78 is 4.99. The van der Waals surface area contributed by atoms with Crippen molar-refractivity contribution in [1.82, 2.24) is 0 Å². The van der Waals surface area contributed by atoms with Crippen LogP contribution in [0.5, 0.6) is 17.2 Å². The first-order valence-corrected chi connectivity index (χ1v) is 5.14. The molecular formula is C12H18O3. The molecule has 0 aliphatic carbocycles. The second kappa shape index (κ2) is 4.91. The summed E-state index contributed by atoms with van der Waals surface area (Å²) in [6.45, 7) is 4.21. The van der Waals surface area contributed by atoms with Crippen molar-refractivity contribution in [2.75, 3.05) is 7.11 Å². The van der Waals surface area contributed by atoms with E-state index in [2.05, 4.69) is 13.8 Å². The van der Waals surface area contributed by atoms with Gasteiger partial charge in [0.05, 0.1) is 7.11 Å². The second-order valence-electron chi connectivity index (χ2n) is 4.05. The number of phenolic OH excluding ortho intramolecular Hbond substituents is 2. The fourth-order valence-corrected chi connectivity index (χ4v) is 1.45. The zero-order valence-corrected chi connectivity index (χ0v) is 9.45. The lowest BCUT2D eigenvalue weighted by Gasteiger charge is -2.11. The van der Waals surface area contributed by atoms with Crippen LogP contribution in [0.2, 0.25) is 0 Å². The van der Waals surface area contributed by atoms with E-state index in [0.717, 1.165) is 6.42 Å². The predicted molar refractivity (Wildman–Crippen MR) is 59.5 cm³/mol. The van der Waals surface area contributed by atoms with Gasteiger partial charge in [-0.05, 0) is 30.9 Å². The number of ether oxygens (including phenoxy) is 1. The molecule has 3 heteroatoms. The maximum atomic E-state index is 9.80. The summed E-state index contributed by atoms with van der Waals surface area (Å²) in [5, 5.41) is 19.4. The van der Waals surface area contributed by atoms with Gasteiger partial charge in [-0.25, -0.2) is 0 Å². The fourth-order valence-electron chi connectivity index (χ4n) is 1.45. The molecular weight excluding hydrogens is 192 g/mol. The molecule has 0 bridgehead atoms. The minimum atomic E-state index is 0.0538. The molecule has 0 saturated heterocycles. The van der Waals surface area contributed by atoms with E-state index in [0.29, 0.717) is 23.7 Å². The van der Waals surface area contributed by atoms with Crippen LogP contribution in [0, 0.1) is 5.92 Å². The van der Waals surface area contributed by atoms with E-state index in [1.165, 1.54) is 7.11 Å². The molecule has 0 aromatic heterocycles. The summed E-state index contributed by atoms with van der Waals surface area (Å²) in [6.07, 6.45) is 1.58. The van der Waals surface area contributed by atoms with Gasteiger partial charge in [0.1, 0.15) is 5.75 Å². The Kier molecular flexibility index (Phi) is 3.83. The van der Waals surface area contributed by atoms with E-state index in [9.17, 15) is 10.2 Å². The van der Waals surface area contributed by atoms with E-state index in [4.69, 9.17) is 4.74 Å². The first-order chi connectivity index (χ1) is 7.06. The fraction of sp³-hybridized carbons (Fsp3) is 0.500. The lowest BCUT2D eigenvalue weighted by molar-refractivity contribution is 0.364. The molecule has 0 amide bonds. The molecule has 84 valence electrons. The standard InChI is InChI=1S/C12H18O3/c1-8(2)4-5-9-10(13)6-7-11(15-3)12(9)14/h6-8,13-14H,4-5H2,1-3H3. The molecule has 15 heavy (non-hydrogen) atoms. The van der Waals surface area contributed by atoms with Crippen LogP contribution in [0.4, 0.5) is 0 Å². The first kappa shape index (κ1) is 11.7. The molecule has 0 aliphatic rings. The molecule has 0 atom stereocenters. The molecule has 1 rings (SSSR count). The summed E-state index contributed by atoms with van der Waals surface area (Å²) in [5.41, 5.74) is 0.572. The minimum Gasteiger partial charge on any atom is -0.508 e. The number of aromatic hydroxyl groups is 2. The Morgan fingerprint density at radius 3 is 2.47 bits per heavy atom. The van der Waals surface area contributed by atoms with Crippen LogP contribution in [0.1, 0.15) is 25.8 Å². The molecule has 0 spiro atoms. The molecule has 0 aliphatic heterocycles. The lowest BCUT2D eigenvalue weighted by atomic mass is 10.0. The smallest absolute Gasteiger partial charge is 0.164 e. The van der Waals surface area contributed by atoms with E-state index < -0.39 is 0 Å². The molecule has 2 N–H and O–H groups in total. The van der Waals surface area contributed by atoms with Crippen LogP contribution in [-0.2, 0) is 6.42 Å². The maximum absolute atomic E-state index is 9.80. The largest absolute Gasteiger partial charge is 0.508 e. The summed E-state index contributed by atoms with van der Waals surface area (Å²) >= 11 is 0. The highest BCUT2D eigenvalue weighted by molar-refractivity contribution is 5.52. The zero-order chi connectivity index (χ0) is 11.4. The highest BCUT2D eigenvalue weighted by atomic mass is 16.5. The van der Waals surface area contributed by atoms with Crippen molar-refractivity contribution in [2.24, 2.45) is 5.92 Å². The molecule has 1 aromatic carbocycles. The number of hydrogen-bond acceptors (Lipinski definition) is 3. The van der Waals surface area contributed by atoms with Crippen molar-refractivity contribution < 1.29 is 14.9 Å². The van der Waals surface area contributed by atoms with Crippen molar-refractivity contribution in [3.05, 3.63) is 17.7 Å². The van der Waals surface area contributed by atoms with Crippen LogP contribution in [0.15, 0.2) is 12.1 Å². The van der Waals surface area contributed by atoms with Crippen LogP contribution in [0.25, 0.3) is 0 Å². The molecule has 0 saturated carbocycles. The SMILES string of the molecule is COc1ccc(O)c(CCC(C)C)c1O. The number of methoxy groups -OCH3 is 1. The van der Waals surface area contributed by atoms with Gasteiger partial charge in [0.2, 0.25) is 0 Å². The van der Waals surface area contributed by atoms with Crippen molar-refractivity contribution in [3.63, 3.8) is 0 Å². The Morgan fingerprint density at radius 1 is 1.27 bits per heavy atom. The Hall–Kier alpha value is -1.38. The molecule has 0 radical (unpaired) electrons. The highest BCUT2D eigenvalue weighted by Gasteiger charge is 2.12. The maximum Gasteiger partial charge on any atom is 0.164 e. The summed E-state index contributed by atoms with van der Waals surface area (Å²) in [5.74, 6) is 1.13. The van der Waals surface area contributed by atoms with Gasteiger partial charge in [-0.15, -0.1) is 0 Å². The molecule has 3 nitrogen and oxygen atoms in total. The Bertz CT molecular complexity index is 332. The first-order valence-electron chi connectivity index (χ1n) is 5.14. The monoisotopic (exact) mass is 210 g/mol. The quantitative estimate of drug-likeness (QED) is 0.803. The summed E-state index contributed by atoms with van der Waals surface area (Å²) in [6, 6.07) is 3.11. The zero-order valence-electron chi connectivity index (χ0n) is 9.45. The molecule has 0 heterocycles. The Balaban J connectivity index is 2.94. The average Bonchev–Trinajstić information content (AvgIpc) is 2.17. The van der Waals surface area contributed by atoms with Crippen molar-refractivity contribution >= 4 is 0 Å². The van der Waals surface area contributed by atoms with E-state index in [1.54, 1.807) is 12.1 Å². The van der Waals surface area contributed by atoms with Crippen molar-refractivity contribution in [2.45, 2.75) is 26.7 Å². The Morgan fingerprint density at radius 2 is 1.93 bits per heavy atom. The number of rotatable bonds is 4. The van der Waals surface area contributed by atoms with Crippen LogP contribution in [-0.4, -0.2) is 17.3 Å². The van der Waals surface area contributed by atoms with Gasteiger partial charge in [-0.2, -0.15) is 0 Å². The van der Waals surface area contributed by atoms with Crippen molar-refractivity contribution in [3.8, 4) is 17.2 Å². The molecule has 0 unspecified atom stereocenters. The summed E-state index contributed by atoms with van der Waals surface area (Å²) in [7, 11) is 1.50. The summed E-state index contributed by atoms with van der Waals surface area (Å²) in [4.78, 5) is 0. The third-order valence-electron chi connectivity index (χ3n) is 2.41. The second-order valence-corrected chi connectivity index (χ2v) is 4.05. The molecule has 1 aromatic rings. The van der Waals surface area contributed by atoms with Gasteiger partial charge in [0.25, 0.3) is 0 Å². The van der Waals surface area contributed by atoms with Gasteiger partial charge in [0, 0.05) is 5.56 Å². The van der Waals surface area contributed by atoms with E-state index in [1.807, 2.05) is 0 Å². The number of phenols is 2. The van der Waals surface area contributed by atoms with Crippen LogP contribution < -0.4 is 4.74 Å². The van der Waals surface area contributed by atoms with Crippen molar-refractivity contribution in [1.29, 1.82) is 0 Å². The van der Waals surface area contributed by atoms with Gasteiger partial charge >= 0.3 is 0 Å². The van der Waals surface area contributed by atoms with Gasteiger partial charge in [-0.1, -0.05) is 13.8 Å². The normalized spacial score (nSPS) is 10.7. The minimum absolute atomic E-state index is 0.0538. The van der Waals surface area contributed by atoms with Crippen LogP contribution in [0.3, 0.4) is 0 Å². The average molecular weight is 210 g/mol. The predicted octanol–water partition coefficient (Wildman–Crippen LogP) is 2.70. The lowest BCUT2D eigenvalue weighted by Crippen LogP contribution is -1.95. The van der Waals surface area contributed by atoms with Crippen LogP contribution >= 0.6 is 0 Å².